The van der Waals surface area contributed by atoms with Crippen molar-refractivity contribution in [2.24, 2.45) is 0 Å². The van der Waals surface area contributed by atoms with Crippen molar-refractivity contribution in [3.05, 3.63) is 60.3 Å². The number of nitriles is 1. The highest BCUT2D eigenvalue weighted by Gasteiger charge is 2.19. The van der Waals surface area contributed by atoms with E-state index in [1.807, 2.05) is 6.07 Å². The van der Waals surface area contributed by atoms with Crippen molar-refractivity contribution in [1.29, 1.82) is 5.26 Å². The molecule has 0 aliphatic rings. The van der Waals surface area contributed by atoms with Crippen LogP contribution in [0.1, 0.15) is 12.6 Å². The van der Waals surface area contributed by atoms with Crippen molar-refractivity contribution < 1.29 is 9.18 Å². The fourth-order valence-corrected chi connectivity index (χ4v) is 2.92. The van der Waals surface area contributed by atoms with Crippen LogP contribution in [0.25, 0.3) is 28.0 Å². The number of carbonyl (C=O) groups is 1. The molecule has 0 saturated heterocycles. The van der Waals surface area contributed by atoms with Gasteiger partial charge in [-0.25, -0.2) is 9.37 Å². The Labute approximate surface area is 153 Å². The normalized spacial score (nSPS) is 10.7. The van der Waals surface area contributed by atoms with Crippen LogP contribution in [-0.2, 0) is 4.79 Å². The molecule has 0 aliphatic heterocycles. The van der Waals surface area contributed by atoms with E-state index in [1.165, 1.54) is 25.3 Å². The second kappa shape index (κ2) is 6.38. The predicted octanol–water partition coefficient (Wildman–Crippen LogP) is 3.36. The average molecular weight is 360 g/mol. The lowest BCUT2D eigenvalue weighted by Crippen LogP contribution is -2.07. The van der Waals surface area contributed by atoms with E-state index in [4.69, 9.17) is 0 Å². The number of carbonyl (C=O) groups excluding carboxylic acids is 1. The molecule has 27 heavy (non-hydrogen) atoms. The summed E-state index contributed by atoms with van der Waals surface area (Å²) in [5.41, 5.74) is 3.61. The van der Waals surface area contributed by atoms with E-state index in [-0.39, 0.29) is 11.7 Å². The number of aromatic nitrogens is 4. The molecule has 0 unspecified atom stereocenters. The zero-order valence-electron chi connectivity index (χ0n) is 14.2. The molecule has 8 heteroatoms. The van der Waals surface area contributed by atoms with Crippen LogP contribution in [0, 0.1) is 17.1 Å². The van der Waals surface area contributed by atoms with Gasteiger partial charge in [-0.2, -0.15) is 10.4 Å². The molecule has 0 radical (unpaired) electrons. The maximum atomic E-state index is 13.3. The van der Waals surface area contributed by atoms with E-state index in [0.717, 1.165) is 0 Å². The van der Waals surface area contributed by atoms with Crippen LogP contribution in [-0.4, -0.2) is 25.5 Å². The Hall–Kier alpha value is -3.99. The highest BCUT2D eigenvalue weighted by Crippen LogP contribution is 2.36. The van der Waals surface area contributed by atoms with E-state index in [9.17, 15) is 14.4 Å². The fourth-order valence-electron chi connectivity index (χ4n) is 2.92. The number of nitrogens with one attached hydrogen (secondary N) is 2. The van der Waals surface area contributed by atoms with Gasteiger partial charge in [0.15, 0.2) is 0 Å². The summed E-state index contributed by atoms with van der Waals surface area (Å²) in [4.78, 5) is 15.8. The Morgan fingerprint density at radius 1 is 1.22 bits per heavy atom. The molecule has 0 saturated carbocycles. The van der Waals surface area contributed by atoms with Crippen molar-refractivity contribution in [3.63, 3.8) is 0 Å². The number of amides is 1. The van der Waals surface area contributed by atoms with Gasteiger partial charge in [0.2, 0.25) is 5.91 Å². The van der Waals surface area contributed by atoms with Crippen molar-refractivity contribution in [2.45, 2.75) is 6.92 Å². The summed E-state index contributed by atoms with van der Waals surface area (Å²) < 4.78 is 15.0. The predicted molar refractivity (Wildman–Crippen MR) is 97.2 cm³/mol. The highest BCUT2D eigenvalue weighted by atomic mass is 19.1. The first-order valence-electron chi connectivity index (χ1n) is 8.06. The molecule has 4 rings (SSSR count). The lowest BCUT2D eigenvalue weighted by atomic mass is 10.0. The van der Waals surface area contributed by atoms with E-state index in [1.54, 1.807) is 28.8 Å². The van der Waals surface area contributed by atoms with Crippen LogP contribution < -0.4 is 5.32 Å². The molecule has 0 bridgehead atoms. The quantitative estimate of drug-likeness (QED) is 0.585. The number of anilines is 1. The maximum Gasteiger partial charge on any atom is 0.222 e. The number of H-pyrrole nitrogens is 1. The minimum absolute atomic E-state index is 0.257. The number of nitrogens with zero attached hydrogens (tertiary/aromatic N) is 4. The molecule has 1 aromatic carbocycles. The van der Waals surface area contributed by atoms with Crippen LogP contribution in [0.4, 0.5) is 10.2 Å². The first kappa shape index (κ1) is 16.5. The van der Waals surface area contributed by atoms with Crippen LogP contribution in [0.15, 0.2) is 48.8 Å². The molecule has 0 atom stereocenters. The fraction of sp³-hybridized carbons (Fsp3) is 0.0526. The zero-order chi connectivity index (χ0) is 19.0. The molecule has 0 aliphatic carbocycles. The highest BCUT2D eigenvalue weighted by molar-refractivity contribution is 5.97. The average Bonchev–Trinajstić information content (AvgIpc) is 3.25. The minimum atomic E-state index is -0.351. The molecule has 0 fully saturated rings. The zero-order valence-corrected chi connectivity index (χ0v) is 14.2. The second-order valence-corrected chi connectivity index (χ2v) is 5.91. The van der Waals surface area contributed by atoms with Crippen molar-refractivity contribution in [1.82, 2.24) is 19.6 Å². The topological polar surface area (TPSA) is 98.9 Å². The summed E-state index contributed by atoms with van der Waals surface area (Å²) in [6.07, 6.45) is 3.24. The molecular formula is C19H13FN6O. The molecule has 3 aromatic heterocycles. The smallest absolute Gasteiger partial charge is 0.222 e. The van der Waals surface area contributed by atoms with Gasteiger partial charge in [-0.05, 0) is 36.4 Å². The number of aromatic amines is 1. The summed E-state index contributed by atoms with van der Waals surface area (Å²) in [7, 11) is 0. The number of benzene rings is 1. The molecule has 2 N–H and O–H groups in total. The van der Waals surface area contributed by atoms with Gasteiger partial charge >= 0.3 is 0 Å². The summed E-state index contributed by atoms with van der Waals surface area (Å²) >= 11 is 0. The van der Waals surface area contributed by atoms with E-state index in [2.05, 4.69) is 26.6 Å². The molecule has 7 nitrogen and oxygen atoms in total. The van der Waals surface area contributed by atoms with Crippen LogP contribution in [0.3, 0.4) is 0 Å². The third-order valence-electron chi connectivity index (χ3n) is 4.09. The van der Waals surface area contributed by atoms with Gasteiger partial charge in [-0.3, -0.25) is 14.3 Å². The Morgan fingerprint density at radius 2 is 1.96 bits per heavy atom. The number of rotatable bonds is 3. The largest absolute Gasteiger partial charge is 0.311 e. The first-order chi connectivity index (χ1) is 13.1. The molecular weight excluding hydrogens is 347 g/mol. The Kier molecular flexibility index (Phi) is 3.90. The number of hydrogen-bond acceptors (Lipinski definition) is 4. The van der Waals surface area contributed by atoms with E-state index in [0.29, 0.717) is 39.5 Å². The summed E-state index contributed by atoms with van der Waals surface area (Å²) in [5.74, 6) is -0.191. The van der Waals surface area contributed by atoms with Gasteiger partial charge in [-0.1, -0.05) is 0 Å². The number of imidazole rings is 1. The Balaban J connectivity index is 1.94. The maximum absolute atomic E-state index is 13.3. The van der Waals surface area contributed by atoms with Crippen molar-refractivity contribution >= 4 is 17.4 Å². The summed E-state index contributed by atoms with van der Waals surface area (Å²) in [5, 5.41) is 19.1. The van der Waals surface area contributed by atoms with Gasteiger partial charge in [-0.15, -0.1) is 0 Å². The van der Waals surface area contributed by atoms with E-state index < -0.39 is 0 Å². The monoisotopic (exact) mass is 360 g/mol. The summed E-state index contributed by atoms with van der Waals surface area (Å²) in [6.45, 7) is 1.40. The van der Waals surface area contributed by atoms with Crippen LogP contribution in [0.5, 0.6) is 0 Å². The Morgan fingerprint density at radius 3 is 2.67 bits per heavy atom. The first-order valence-corrected chi connectivity index (χ1v) is 8.06. The third-order valence-corrected chi connectivity index (χ3v) is 4.09. The molecule has 132 valence electrons. The molecule has 3 heterocycles. The van der Waals surface area contributed by atoms with Gasteiger partial charge < -0.3 is 5.32 Å². The third kappa shape index (κ3) is 2.91. The van der Waals surface area contributed by atoms with Gasteiger partial charge in [0.25, 0.3) is 0 Å². The SMILES string of the molecule is CC(=O)Nc1[nH]nc(-c2ccc(F)cc2)c1-c1ccc2ncc(C#N)n2c1. The van der Waals surface area contributed by atoms with Gasteiger partial charge in [0.05, 0.1) is 11.8 Å². The lowest BCUT2D eigenvalue weighted by Gasteiger charge is -2.08. The minimum Gasteiger partial charge on any atom is -0.311 e. The second-order valence-electron chi connectivity index (χ2n) is 5.91. The molecule has 1 amide bonds. The lowest BCUT2D eigenvalue weighted by molar-refractivity contribution is -0.114. The van der Waals surface area contributed by atoms with Crippen molar-refractivity contribution in [3.8, 4) is 28.5 Å². The van der Waals surface area contributed by atoms with Gasteiger partial charge in [0, 0.05) is 24.2 Å². The number of hydrogen-bond donors (Lipinski definition) is 2. The number of pyridine rings is 1. The molecule has 0 spiro atoms. The summed E-state index contributed by atoms with van der Waals surface area (Å²) in [6, 6.07) is 11.6. The number of halogens is 1. The standard InChI is InChI=1S/C19H13FN6O/c1-11(27)23-19-17(18(24-25-19)12-2-5-14(20)6-3-12)13-4-7-16-22-9-15(8-21)26(16)10-13/h2-7,9-10H,1H3,(H2,23,24,25,27). The van der Waals surface area contributed by atoms with Crippen molar-refractivity contribution in [2.75, 3.05) is 5.32 Å². The van der Waals surface area contributed by atoms with Crippen LogP contribution in [0.2, 0.25) is 0 Å². The Bertz CT molecular complexity index is 1200. The molecule has 4 aromatic rings. The van der Waals surface area contributed by atoms with Crippen LogP contribution >= 0.6 is 0 Å². The number of fused-ring (bicyclic) bond motifs is 1. The van der Waals surface area contributed by atoms with E-state index >= 15 is 0 Å². The van der Waals surface area contributed by atoms with Gasteiger partial charge in [0.1, 0.15) is 34.7 Å².